The second kappa shape index (κ2) is 7.24. The lowest BCUT2D eigenvalue weighted by Crippen LogP contribution is -2.48. The van der Waals surface area contributed by atoms with Crippen molar-refractivity contribution in [2.75, 3.05) is 26.2 Å². The minimum atomic E-state index is 0.657. The largest absolute Gasteiger partial charge is 0.300 e. The summed E-state index contributed by atoms with van der Waals surface area (Å²) in [5.74, 6) is 0. The molecule has 0 rings (SSSR count). The average Bonchev–Trinajstić information content (AvgIpc) is 2.21. The standard InChI is InChI=1S/C12H28N2/c1-7-13(8-2)11(5)12(6)14(9-3)10-4/h11-12H,7-10H2,1-6H3/t11-,12-/m1/s1. The molecule has 0 unspecified atom stereocenters. The lowest BCUT2D eigenvalue weighted by Gasteiger charge is -2.37. The molecule has 0 fully saturated rings. The third-order valence-corrected chi connectivity index (χ3v) is 3.47. The molecule has 0 spiro atoms. The Bertz CT molecular complexity index is 112. The van der Waals surface area contributed by atoms with Crippen molar-refractivity contribution >= 4 is 0 Å². The first-order valence-corrected chi connectivity index (χ1v) is 6.10. The van der Waals surface area contributed by atoms with Crippen molar-refractivity contribution in [3.05, 3.63) is 0 Å². The van der Waals surface area contributed by atoms with E-state index in [1.54, 1.807) is 0 Å². The summed E-state index contributed by atoms with van der Waals surface area (Å²) < 4.78 is 0. The third kappa shape index (κ3) is 3.58. The molecule has 0 saturated heterocycles. The van der Waals surface area contributed by atoms with Crippen LogP contribution in [-0.4, -0.2) is 48.1 Å². The van der Waals surface area contributed by atoms with Gasteiger partial charge in [-0.3, -0.25) is 9.80 Å². The highest BCUT2D eigenvalue weighted by Gasteiger charge is 2.21. The molecule has 0 aromatic carbocycles. The van der Waals surface area contributed by atoms with Gasteiger partial charge in [-0.25, -0.2) is 0 Å². The van der Waals surface area contributed by atoms with E-state index in [1.165, 1.54) is 0 Å². The lowest BCUT2D eigenvalue weighted by molar-refractivity contribution is 0.111. The van der Waals surface area contributed by atoms with Gasteiger partial charge < -0.3 is 0 Å². The van der Waals surface area contributed by atoms with Crippen LogP contribution < -0.4 is 0 Å². The second-order valence-corrected chi connectivity index (χ2v) is 3.92. The summed E-state index contributed by atoms with van der Waals surface area (Å²) in [5, 5.41) is 0. The van der Waals surface area contributed by atoms with E-state index < -0.39 is 0 Å². The summed E-state index contributed by atoms with van der Waals surface area (Å²) in [6.07, 6.45) is 0. The van der Waals surface area contributed by atoms with Crippen LogP contribution in [0.1, 0.15) is 41.5 Å². The molecule has 86 valence electrons. The fourth-order valence-corrected chi connectivity index (χ4v) is 2.21. The summed E-state index contributed by atoms with van der Waals surface area (Å²) in [6.45, 7) is 18.3. The number of nitrogens with zero attached hydrogens (tertiary/aromatic N) is 2. The summed E-state index contributed by atoms with van der Waals surface area (Å²) in [7, 11) is 0. The number of hydrogen-bond acceptors (Lipinski definition) is 2. The molecule has 0 amide bonds. The van der Waals surface area contributed by atoms with Gasteiger partial charge in [-0.15, -0.1) is 0 Å². The highest BCUT2D eigenvalue weighted by Crippen LogP contribution is 2.10. The molecule has 0 aliphatic rings. The monoisotopic (exact) mass is 200 g/mol. The SMILES string of the molecule is CCN(CC)[C@H](C)[C@@H](C)N(CC)CC. The molecule has 0 aliphatic carbocycles. The molecule has 14 heavy (non-hydrogen) atoms. The van der Waals surface area contributed by atoms with Gasteiger partial charge in [-0.1, -0.05) is 27.7 Å². The lowest BCUT2D eigenvalue weighted by atomic mass is 10.1. The Balaban J connectivity index is 4.26. The Kier molecular flexibility index (Phi) is 7.20. The third-order valence-electron chi connectivity index (χ3n) is 3.47. The number of rotatable bonds is 7. The minimum absolute atomic E-state index is 0.657. The molecule has 0 bridgehead atoms. The molecule has 0 aliphatic heterocycles. The van der Waals surface area contributed by atoms with E-state index in [0.29, 0.717) is 12.1 Å². The van der Waals surface area contributed by atoms with Gasteiger partial charge in [0, 0.05) is 12.1 Å². The molecular weight excluding hydrogens is 172 g/mol. The van der Waals surface area contributed by atoms with E-state index in [0.717, 1.165) is 26.2 Å². The minimum Gasteiger partial charge on any atom is -0.300 e. The maximum Gasteiger partial charge on any atom is 0.0220 e. The van der Waals surface area contributed by atoms with Crippen LogP contribution in [-0.2, 0) is 0 Å². The van der Waals surface area contributed by atoms with Gasteiger partial charge in [0.1, 0.15) is 0 Å². The Morgan fingerprint density at radius 2 is 0.857 bits per heavy atom. The van der Waals surface area contributed by atoms with Crippen LogP contribution in [0.3, 0.4) is 0 Å². The molecule has 0 aromatic rings. The van der Waals surface area contributed by atoms with Crippen molar-refractivity contribution in [1.82, 2.24) is 9.80 Å². The zero-order chi connectivity index (χ0) is 11.1. The predicted molar refractivity (Wildman–Crippen MR) is 64.8 cm³/mol. The van der Waals surface area contributed by atoms with Crippen LogP contribution in [0.15, 0.2) is 0 Å². The quantitative estimate of drug-likeness (QED) is 0.623. The first-order chi connectivity index (χ1) is 6.62. The summed E-state index contributed by atoms with van der Waals surface area (Å²) in [5.41, 5.74) is 0. The highest BCUT2D eigenvalue weighted by molar-refractivity contribution is 4.78. The van der Waals surface area contributed by atoms with E-state index >= 15 is 0 Å². The van der Waals surface area contributed by atoms with Crippen molar-refractivity contribution in [3.8, 4) is 0 Å². The van der Waals surface area contributed by atoms with Gasteiger partial charge in [0.2, 0.25) is 0 Å². The highest BCUT2D eigenvalue weighted by atomic mass is 15.2. The van der Waals surface area contributed by atoms with Crippen LogP contribution in [0.5, 0.6) is 0 Å². The molecule has 2 nitrogen and oxygen atoms in total. The van der Waals surface area contributed by atoms with Crippen LogP contribution in [0, 0.1) is 0 Å². The fourth-order valence-electron chi connectivity index (χ4n) is 2.21. The average molecular weight is 200 g/mol. The smallest absolute Gasteiger partial charge is 0.0220 e. The van der Waals surface area contributed by atoms with Crippen molar-refractivity contribution in [1.29, 1.82) is 0 Å². The number of likely N-dealkylation sites (N-methyl/N-ethyl adjacent to an activating group) is 2. The fraction of sp³-hybridized carbons (Fsp3) is 1.00. The first-order valence-electron chi connectivity index (χ1n) is 6.10. The predicted octanol–water partition coefficient (Wildman–Crippen LogP) is 2.45. The maximum atomic E-state index is 2.53. The Morgan fingerprint density at radius 1 is 0.643 bits per heavy atom. The number of hydrogen-bond donors (Lipinski definition) is 0. The topological polar surface area (TPSA) is 6.48 Å². The van der Waals surface area contributed by atoms with Crippen molar-refractivity contribution in [3.63, 3.8) is 0 Å². The first kappa shape index (κ1) is 13.9. The van der Waals surface area contributed by atoms with E-state index in [4.69, 9.17) is 0 Å². The normalized spacial score (nSPS) is 16.3. The Hall–Kier alpha value is -0.0800. The Labute approximate surface area is 90.3 Å². The summed E-state index contributed by atoms with van der Waals surface area (Å²) >= 11 is 0. The van der Waals surface area contributed by atoms with Gasteiger partial charge >= 0.3 is 0 Å². The summed E-state index contributed by atoms with van der Waals surface area (Å²) in [6, 6.07) is 1.31. The Morgan fingerprint density at radius 3 is 1.00 bits per heavy atom. The van der Waals surface area contributed by atoms with Crippen LogP contribution in [0.4, 0.5) is 0 Å². The molecule has 0 N–H and O–H groups in total. The zero-order valence-electron chi connectivity index (χ0n) is 10.9. The zero-order valence-corrected chi connectivity index (χ0v) is 10.9. The van der Waals surface area contributed by atoms with Gasteiger partial charge in [0.25, 0.3) is 0 Å². The van der Waals surface area contributed by atoms with E-state index in [9.17, 15) is 0 Å². The molecule has 2 heteroatoms. The van der Waals surface area contributed by atoms with E-state index in [2.05, 4.69) is 51.3 Å². The van der Waals surface area contributed by atoms with Crippen LogP contribution >= 0.6 is 0 Å². The second-order valence-electron chi connectivity index (χ2n) is 3.92. The van der Waals surface area contributed by atoms with Crippen molar-refractivity contribution in [2.24, 2.45) is 0 Å². The van der Waals surface area contributed by atoms with E-state index in [-0.39, 0.29) is 0 Å². The van der Waals surface area contributed by atoms with Crippen molar-refractivity contribution in [2.45, 2.75) is 53.6 Å². The van der Waals surface area contributed by atoms with E-state index in [1.807, 2.05) is 0 Å². The maximum absolute atomic E-state index is 2.53. The van der Waals surface area contributed by atoms with Gasteiger partial charge in [-0.05, 0) is 40.0 Å². The molecule has 0 aromatic heterocycles. The van der Waals surface area contributed by atoms with Gasteiger partial charge in [0.05, 0.1) is 0 Å². The van der Waals surface area contributed by atoms with Gasteiger partial charge in [-0.2, -0.15) is 0 Å². The molecule has 0 heterocycles. The molecule has 0 saturated carbocycles. The molecule has 0 radical (unpaired) electrons. The van der Waals surface area contributed by atoms with Crippen LogP contribution in [0.25, 0.3) is 0 Å². The van der Waals surface area contributed by atoms with Gasteiger partial charge in [0.15, 0.2) is 0 Å². The van der Waals surface area contributed by atoms with Crippen LogP contribution in [0.2, 0.25) is 0 Å². The molecular formula is C12H28N2. The van der Waals surface area contributed by atoms with Crippen molar-refractivity contribution < 1.29 is 0 Å². The molecule has 2 atom stereocenters. The summed E-state index contributed by atoms with van der Waals surface area (Å²) in [4.78, 5) is 5.06.